The summed E-state index contributed by atoms with van der Waals surface area (Å²) in [4.78, 5) is 6.55. The molecule has 6 heteroatoms. The van der Waals surface area contributed by atoms with Gasteiger partial charge in [-0.05, 0) is 62.6 Å². The first-order valence-electron chi connectivity index (χ1n) is 8.06. The van der Waals surface area contributed by atoms with Gasteiger partial charge < -0.3 is 14.8 Å². The third-order valence-electron chi connectivity index (χ3n) is 4.02. The molecule has 0 saturated carbocycles. The van der Waals surface area contributed by atoms with Gasteiger partial charge in [0.1, 0.15) is 5.75 Å². The number of likely N-dealkylation sites (tertiary alicyclic amines) is 1. The van der Waals surface area contributed by atoms with Crippen molar-refractivity contribution in [2.24, 2.45) is 5.16 Å². The molecule has 1 aromatic heterocycles. The SMILES string of the molecule is Cc1ccc(/C(=N/O)N2CCCCC2)c(Oc2ccc(Cl)cc2)n1. The van der Waals surface area contributed by atoms with E-state index in [1.807, 2.05) is 19.1 Å². The molecule has 0 amide bonds. The van der Waals surface area contributed by atoms with Gasteiger partial charge in [0.25, 0.3) is 0 Å². The molecular weight excluding hydrogens is 326 g/mol. The third-order valence-corrected chi connectivity index (χ3v) is 4.27. The molecule has 126 valence electrons. The summed E-state index contributed by atoms with van der Waals surface area (Å²) in [6, 6.07) is 10.9. The fourth-order valence-corrected chi connectivity index (χ4v) is 2.91. The molecule has 24 heavy (non-hydrogen) atoms. The zero-order valence-electron chi connectivity index (χ0n) is 13.6. The Morgan fingerprint density at radius 3 is 2.50 bits per heavy atom. The average Bonchev–Trinajstić information content (AvgIpc) is 2.60. The standard InChI is InChI=1S/C18H20ClN3O2/c1-13-5-10-16(17(21-23)22-11-3-2-4-12-22)18(20-13)24-15-8-6-14(19)7-9-15/h5-10,23H,2-4,11-12H2,1H3/b21-17-. The minimum Gasteiger partial charge on any atom is -0.438 e. The lowest BCUT2D eigenvalue weighted by molar-refractivity contribution is 0.285. The van der Waals surface area contributed by atoms with E-state index in [0.717, 1.165) is 31.6 Å². The van der Waals surface area contributed by atoms with Gasteiger partial charge in [-0.3, -0.25) is 0 Å². The molecule has 1 aromatic carbocycles. The number of aryl methyl sites for hydroxylation is 1. The number of amidine groups is 1. The Bertz CT molecular complexity index is 726. The summed E-state index contributed by atoms with van der Waals surface area (Å²) < 4.78 is 5.93. The predicted octanol–water partition coefficient (Wildman–Crippen LogP) is 4.46. The largest absolute Gasteiger partial charge is 0.438 e. The normalized spacial score (nSPS) is 15.4. The van der Waals surface area contributed by atoms with Gasteiger partial charge in [-0.2, -0.15) is 0 Å². The minimum absolute atomic E-state index is 0.427. The lowest BCUT2D eigenvalue weighted by atomic mass is 10.1. The molecule has 1 N–H and O–H groups in total. The number of rotatable bonds is 3. The Hall–Kier alpha value is -2.27. The highest BCUT2D eigenvalue weighted by atomic mass is 35.5. The fourth-order valence-electron chi connectivity index (χ4n) is 2.79. The van der Waals surface area contributed by atoms with E-state index in [-0.39, 0.29) is 0 Å². The topological polar surface area (TPSA) is 58.0 Å². The Morgan fingerprint density at radius 1 is 1.12 bits per heavy atom. The van der Waals surface area contributed by atoms with Crippen molar-refractivity contribution in [2.75, 3.05) is 13.1 Å². The molecule has 0 bridgehead atoms. The van der Waals surface area contributed by atoms with Gasteiger partial charge in [-0.1, -0.05) is 16.8 Å². The van der Waals surface area contributed by atoms with E-state index in [0.29, 0.717) is 28.1 Å². The Kier molecular flexibility index (Phi) is 5.20. The van der Waals surface area contributed by atoms with Crippen LogP contribution in [-0.2, 0) is 0 Å². The van der Waals surface area contributed by atoms with Crippen molar-refractivity contribution in [3.05, 3.63) is 52.7 Å². The molecule has 0 radical (unpaired) electrons. The van der Waals surface area contributed by atoms with Crippen molar-refractivity contribution in [1.29, 1.82) is 0 Å². The summed E-state index contributed by atoms with van der Waals surface area (Å²) >= 11 is 5.92. The average molecular weight is 346 g/mol. The minimum atomic E-state index is 0.427. The van der Waals surface area contributed by atoms with Crippen LogP contribution in [0.25, 0.3) is 0 Å². The maximum atomic E-state index is 9.57. The third kappa shape index (κ3) is 3.79. The van der Waals surface area contributed by atoms with Crippen LogP contribution in [0, 0.1) is 6.92 Å². The summed E-state index contributed by atoms with van der Waals surface area (Å²) in [6.07, 6.45) is 3.38. The summed E-state index contributed by atoms with van der Waals surface area (Å²) in [6.45, 7) is 3.64. The van der Waals surface area contributed by atoms with Gasteiger partial charge in [-0.15, -0.1) is 0 Å². The van der Waals surface area contributed by atoms with E-state index in [1.54, 1.807) is 24.3 Å². The molecule has 1 aliphatic rings. The highest BCUT2D eigenvalue weighted by molar-refractivity contribution is 6.30. The highest BCUT2D eigenvalue weighted by Crippen LogP contribution is 2.27. The van der Waals surface area contributed by atoms with Gasteiger partial charge in [0.2, 0.25) is 5.88 Å². The second kappa shape index (κ2) is 7.53. The predicted molar refractivity (Wildman–Crippen MR) is 94.2 cm³/mol. The molecule has 0 aliphatic carbocycles. The van der Waals surface area contributed by atoms with Crippen molar-refractivity contribution in [3.63, 3.8) is 0 Å². The van der Waals surface area contributed by atoms with E-state index < -0.39 is 0 Å². The van der Waals surface area contributed by atoms with Crippen LogP contribution in [0.3, 0.4) is 0 Å². The number of oxime groups is 1. The number of halogens is 1. The van der Waals surface area contributed by atoms with Crippen LogP contribution in [0.2, 0.25) is 5.02 Å². The molecule has 1 fully saturated rings. The summed E-state index contributed by atoms with van der Waals surface area (Å²) in [5, 5.41) is 13.7. The van der Waals surface area contributed by atoms with E-state index in [1.165, 1.54) is 6.42 Å². The monoisotopic (exact) mass is 345 g/mol. The molecule has 1 aliphatic heterocycles. The summed E-state index contributed by atoms with van der Waals surface area (Å²) in [5.41, 5.74) is 1.51. The van der Waals surface area contributed by atoms with E-state index in [4.69, 9.17) is 16.3 Å². The maximum absolute atomic E-state index is 9.57. The number of pyridine rings is 1. The van der Waals surface area contributed by atoms with Gasteiger partial charge in [0.05, 0.1) is 5.56 Å². The molecule has 2 heterocycles. The van der Waals surface area contributed by atoms with Gasteiger partial charge in [0.15, 0.2) is 5.84 Å². The van der Waals surface area contributed by atoms with E-state index in [2.05, 4.69) is 15.0 Å². The van der Waals surface area contributed by atoms with Gasteiger partial charge in [0, 0.05) is 23.8 Å². The Labute approximate surface area is 146 Å². The number of benzene rings is 1. The van der Waals surface area contributed by atoms with Crippen molar-refractivity contribution in [1.82, 2.24) is 9.88 Å². The van der Waals surface area contributed by atoms with Crippen LogP contribution in [0.5, 0.6) is 11.6 Å². The van der Waals surface area contributed by atoms with Crippen LogP contribution in [0.4, 0.5) is 0 Å². The number of nitrogens with zero attached hydrogens (tertiary/aromatic N) is 3. The molecule has 0 atom stereocenters. The molecule has 0 spiro atoms. The van der Waals surface area contributed by atoms with Crippen LogP contribution in [0.1, 0.15) is 30.5 Å². The zero-order chi connectivity index (χ0) is 16.9. The van der Waals surface area contributed by atoms with Crippen molar-refractivity contribution < 1.29 is 9.94 Å². The van der Waals surface area contributed by atoms with Crippen LogP contribution in [0.15, 0.2) is 41.6 Å². The molecule has 3 rings (SSSR count). The first-order chi connectivity index (χ1) is 11.7. The maximum Gasteiger partial charge on any atom is 0.230 e. The fraction of sp³-hybridized carbons (Fsp3) is 0.333. The second-order valence-electron chi connectivity index (χ2n) is 5.83. The Balaban J connectivity index is 1.93. The highest BCUT2D eigenvalue weighted by Gasteiger charge is 2.22. The first-order valence-corrected chi connectivity index (χ1v) is 8.43. The smallest absolute Gasteiger partial charge is 0.230 e. The lowest BCUT2D eigenvalue weighted by Gasteiger charge is -2.29. The quantitative estimate of drug-likeness (QED) is 0.386. The van der Waals surface area contributed by atoms with Crippen LogP contribution in [-0.4, -0.2) is 34.0 Å². The van der Waals surface area contributed by atoms with Crippen LogP contribution >= 0.6 is 11.6 Å². The van der Waals surface area contributed by atoms with Crippen molar-refractivity contribution in [2.45, 2.75) is 26.2 Å². The number of ether oxygens (including phenoxy) is 1. The number of hydrogen-bond donors (Lipinski definition) is 1. The van der Waals surface area contributed by atoms with Crippen molar-refractivity contribution in [3.8, 4) is 11.6 Å². The summed E-state index contributed by atoms with van der Waals surface area (Å²) in [7, 11) is 0. The summed E-state index contributed by atoms with van der Waals surface area (Å²) in [5.74, 6) is 1.57. The number of aromatic nitrogens is 1. The first kappa shape index (κ1) is 16.6. The molecule has 1 saturated heterocycles. The Morgan fingerprint density at radius 2 is 1.83 bits per heavy atom. The molecular formula is C18H20ClN3O2. The van der Waals surface area contributed by atoms with E-state index in [9.17, 15) is 5.21 Å². The zero-order valence-corrected chi connectivity index (χ0v) is 14.3. The number of piperidine rings is 1. The number of hydrogen-bond acceptors (Lipinski definition) is 4. The van der Waals surface area contributed by atoms with E-state index >= 15 is 0 Å². The van der Waals surface area contributed by atoms with Gasteiger partial charge >= 0.3 is 0 Å². The van der Waals surface area contributed by atoms with Crippen molar-refractivity contribution >= 4 is 17.4 Å². The lowest BCUT2D eigenvalue weighted by Crippen LogP contribution is -2.36. The second-order valence-corrected chi connectivity index (χ2v) is 6.27. The van der Waals surface area contributed by atoms with Gasteiger partial charge in [-0.25, -0.2) is 4.98 Å². The molecule has 5 nitrogen and oxygen atoms in total. The molecule has 0 unspecified atom stereocenters. The molecule has 2 aromatic rings. The van der Waals surface area contributed by atoms with Crippen LogP contribution < -0.4 is 4.74 Å².